The lowest BCUT2D eigenvalue weighted by molar-refractivity contribution is -0.141. The van der Waals surface area contributed by atoms with E-state index >= 15 is 0 Å². The maximum absolute atomic E-state index is 12.7. The number of aryl methyl sites for hydroxylation is 1. The Morgan fingerprint density at radius 1 is 1.41 bits per heavy atom. The van der Waals surface area contributed by atoms with Gasteiger partial charge in [-0.25, -0.2) is 14.8 Å². The van der Waals surface area contributed by atoms with E-state index in [0.29, 0.717) is 0 Å². The van der Waals surface area contributed by atoms with E-state index in [0.717, 1.165) is 0 Å². The van der Waals surface area contributed by atoms with E-state index in [2.05, 4.69) is 14.7 Å². The Morgan fingerprint density at radius 2 is 2.00 bits per heavy atom. The van der Waals surface area contributed by atoms with Crippen LogP contribution in [0.15, 0.2) is 0 Å². The largest absolute Gasteiger partial charge is 0.462 e. The van der Waals surface area contributed by atoms with Crippen LogP contribution in [0.4, 0.5) is 19.1 Å². The zero-order valence-electron chi connectivity index (χ0n) is 9.13. The smallest absolute Gasteiger partial charge is 0.434 e. The lowest BCUT2D eigenvalue weighted by Gasteiger charge is -2.13. The molecule has 0 unspecified atom stereocenters. The summed E-state index contributed by atoms with van der Waals surface area (Å²) < 4.78 is 42.5. The van der Waals surface area contributed by atoms with Crippen LogP contribution in [0.5, 0.6) is 0 Å². The third-order valence-corrected chi connectivity index (χ3v) is 1.86. The van der Waals surface area contributed by atoms with E-state index in [4.69, 9.17) is 5.73 Å². The summed E-state index contributed by atoms with van der Waals surface area (Å²) in [5, 5.41) is 0. The summed E-state index contributed by atoms with van der Waals surface area (Å²) in [6.45, 7) is 2.68. The fourth-order valence-corrected chi connectivity index (χ4v) is 1.25. The van der Waals surface area contributed by atoms with Crippen LogP contribution in [-0.2, 0) is 10.9 Å². The van der Waals surface area contributed by atoms with Gasteiger partial charge in [-0.05, 0) is 13.8 Å². The molecule has 0 saturated heterocycles. The van der Waals surface area contributed by atoms with E-state index in [1.165, 1.54) is 13.8 Å². The molecule has 0 bridgehead atoms. The molecule has 0 atom stereocenters. The molecule has 1 heterocycles. The minimum absolute atomic E-state index is 0.0417. The highest BCUT2D eigenvalue weighted by molar-refractivity contribution is 5.92. The van der Waals surface area contributed by atoms with E-state index in [-0.39, 0.29) is 12.3 Å². The standard InChI is InChI=1S/C9H10F3N3O2/c1-3-17-7(16)5-4(2)14-8(13)15-6(5)9(10,11)12/h3H2,1-2H3,(H2,13,14,15). The lowest BCUT2D eigenvalue weighted by Crippen LogP contribution is -2.21. The van der Waals surface area contributed by atoms with Gasteiger partial charge in [-0.15, -0.1) is 0 Å². The van der Waals surface area contributed by atoms with Crippen LogP contribution in [0.3, 0.4) is 0 Å². The van der Waals surface area contributed by atoms with Crippen molar-refractivity contribution in [1.82, 2.24) is 9.97 Å². The van der Waals surface area contributed by atoms with Crippen LogP contribution in [0.25, 0.3) is 0 Å². The van der Waals surface area contributed by atoms with Crippen molar-refractivity contribution in [3.05, 3.63) is 17.0 Å². The first kappa shape index (κ1) is 13.2. The summed E-state index contributed by atoms with van der Waals surface area (Å²) in [7, 11) is 0. The van der Waals surface area contributed by atoms with Crippen LogP contribution in [-0.4, -0.2) is 22.5 Å². The molecule has 0 fully saturated rings. The Balaban J connectivity index is 3.41. The number of hydrogen-bond donors (Lipinski definition) is 1. The summed E-state index contributed by atoms with van der Waals surface area (Å²) >= 11 is 0. The van der Waals surface area contributed by atoms with E-state index < -0.39 is 29.4 Å². The van der Waals surface area contributed by atoms with Crippen molar-refractivity contribution < 1.29 is 22.7 Å². The average Bonchev–Trinajstić information content (AvgIpc) is 2.15. The van der Waals surface area contributed by atoms with Gasteiger partial charge < -0.3 is 10.5 Å². The molecule has 5 nitrogen and oxygen atoms in total. The van der Waals surface area contributed by atoms with E-state index in [9.17, 15) is 18.0 Å². The fourth-order valence-electron chi connectivity index (χ4n) is 1.25. The maximum Gasteiger partial charge on any atom is 0.434 e. The van der Waals surface area contributed by atoms with E-state index in [1.54, 1.807) is 0 Å². The van der Waals surface area contributed by atoms with Crippen molar-refractivity contribution in [3.63, 3.8) is 0 Å². The molecule has 8 heteroatoms. The molecule has 2 N–H and O–H groups in total. The van der Waals surface area contributed by atoms with E-state index in [1.807, 2.05) is 0 Å². The second kappa shape index (κ2) is 4.56. The normalized spacial score (nSPS) is 11.4. The number of anilines is 1. The highest BCUT2D eigenvalue weighted by Gasteiger charge is 2.39. The number of nitrogen functional groups attached to an aromatic ring is 1. The Kier molecular flexibility index (Phi) is 3.54. The number of halogens is 3. The minimum atomic E-state index is -4.79. The molecule has 0 aliphatic rings. The van der Waals surface area contributed by atoms with Crippen LogP contribution in [0.1, 0.15) is 28.7 Å². The van der Waals surface area contributed by atoms with Gasteiger partial charge in [0.05, 0.1) is 12.3 Å². The molecule has 0 radical (unpaired) electrons. The molecule has 94 valence electrons. The van der Waals surface area contributed by atoms with Crippen molar-refractivity contribution in [2.24, 2.45) is 0 Å². The van der Waals surface area contributed by atoms with Crippen LogP contribution < -0.4 is 5.73 Å². The van der Waals surface area contributed by atoms with Crippen molar-refractivity contribution in [2.75, 3.05) is 12.3 Å². The van der Waals surface area contributed by atoms with Crippen molar-refractivity contribution in [1.29, 1.82) is 0 Å². The third kappa shape index (κ3) is 2.83. The van der Waals surface area contributed by atoms with Gasteiger partial charge in [0.1, 0.15) is 5.56 Å². The molecular weight excluding hydrogens is 239 g/mol. The number of alkyl halides is 3. The molecule has 0 aliphatic carbocycles. The van der Waals surface area contributed by atoms with Crippen molar-refractivity contribution in [3.8, 4) is 0 Å². The second-order valence-electron chi connectivity index (χ2n) is 3.11. The second-order valence-corrected chi connectivity index (χ2v) is 3.11. The summed E-state index contributed by atoms with van der Waals surface area (Å²) in [4.78, 5) is 18.0. The molecule has 0 amide bonds. The summed E-state index contributed by atoms with van der Waals surface area (Å²) in [5.41, 5.74) is 2.89. The fraction of sp³-hybridized carbons (Fsp3) is 0.444. The molecular formula is C9H10F3N3O2. The number of carbonyl (C=O) groups is 1. The number of nitrogens with zero attached hydrogens (tertiary/aromatic N) is 2. The Bertz CT molecular complexity index is 446. The van der Waals surface area contributed by atoms with Crippen LogP contribution in [0, 0.1) is 6.92 Å². The van der Waals surface area contributed by atoms with Crippen LogP contribution in [0.2, 0.25) is 0 Å². The Hall–Kier alpha value is -1.86. The zero-order chi connectivity index (χ0) is 13.2. The van der Waals surface area contributed by atoms with Gasteiger partial charge >= 0.3 is 12.1 Å². The van der Waals surface area contributed by atoms with Gasteiger partial charge in [0.2, 0.25) is 5.95 Å². The molecule has 0 spiro atoms. The number of rotatable bonds is 2. The molecule has 0 saturated carbocycles. The maximum atomic E-state index is 12.7. The SMILES string of the molecule is CCOC(=O)c1c(C)nc(N)nc1C(F)(F)F. The predicted octanol–water partition coefficient (Wildman–Crippen LogP) is 1.56. The quantitative estimate of drug-likeness (QED) is 0.805. The minimum Gasteiger partial charge on any atom is -0.462 e. The first-order valence-corrected chi connectivity index (χ1v) is 4.65. The number of ether oxygens (including phenoxy) is 1. The molecule has 1 aromatic heterocycles. The first-order valence-electron chi connectivity index (χ1n) is 4.65. The van der Waals surface area contributed by atoms with Gasteiger partial charge in [-0.1, -0.05) is 0 Å². The number of nitrogens with two attached hydrogens (primary N) is 1. The molecule has 1 aromatic rings. The highest BCUT2D eigenvalue weighted by Crippen LogP contribution is 2.32. The van der Waals surface area contributed by atoms with Gasteiger partial charge in [0, 0.05) is 0 Å². The summed E-state index contributed by atoms with van der Waals surface area (Å²) in [5.74, 6) is -1.65. The lowest BCUT2D eigenvalue weighted by atomic mass is 10.1. The molecule has 17 heavy (non-hydrogen) atoms. The number of esters is 1. The topological polar surface area (TPSA) is 78.1 Å². The zero-order valence-corrected chi connectivity index (χ0v) is 9.13. The third-order valence-electron chi connectivity index (χ3n) is 1.86. The van der Waals surface area contributed by atoms with Gasteiger partial charge in [-0.3, -0.25) is 0 Å². The highest BCUT2D eigenvalue weighted by atomic mass is 19.4. The van der Waals surface area contributed by atoms with Crippen LogP contribution >= 0.6 is 0 Å². The number of carbonyl (C=O) groups excluding carboxylic acids is 1. The summed E-state index contributed by atoms with van der Waals surface area (Å²) in [6, 6.07) is 0. The van der Waals surface area contributed by atoms with Gasteiger partial charge in [0.15, 0.2) is 5.69 Å². The predicted molar refractivity (Wildman–Crippen MR) is 52.1 cm³/mol. The molecule has 0 aliphatic heterocycles. The average molecular weight is 249 g/mol. The first-order chi connectivity index (χ1) is 7.77. The van der Waals surface area contributed by atoms with Gasteiger partial charge in [0.25, 0.3) is 0 Å². The monoisotopic (exact) mass is 249 g/mol. The van der Waals surface area contributed by atoms with Crippen molar-refractivity contribution in [2.45, 2.75) is 20.0 Å². The number of aromatic nitrogens is 2. The molecule has 1 rings (SSSR count). The van der Waals surface area contributed by atoms with Gasteiger partial charge in [-0.2, -0.15) is 13.2 Å². The van der Waals surface area contributed by atoms with Crippen molar-refractivity contribution >= 4 is 11.9 Å². The Morgan fingerprint density at radius 3 is 2.47 bits per heavy atom. The Labute approximate surface area is 94.8 Å². The molecule has 0 aromatic carbocycles. The summed E-state index contributed by atoms with van der Waals surface area (Å²) in [6.07, 6.45) is -4.79. The number of hydrogen-bond acceptors (Lipinski definition) is 5.